The first-order valence-electron chi connectivity index (χ1n) is 7.80. The van der Waals surface area contributed by atoms with Crippen molar-refractivity contribution < 1.29 is 17.6 Å². The molecule has 1 saturated heterocycles. The van der Waals surface area contributed by atoms with Gasteiger partial charge in [-0.1, -0.05) is 13.3 Å². The highest BCUT2D eigenvalue weighted by Gasteiger charge is 2.25. The molecule has 2 heterocycles. The van der Waals surface area contributed by atoms with E-state index in [0.717, 1.165) is 19.3 Å². The smallest absolute Gasteiger partial charge is 0.257 e. The Balaban J connectivity index is 1.74. The van der Waals surface area contributed by atoms with Crippen molar-refractivity contribution in [2.75, 3.05) is 25.4 Å². The van der Waals surface area contributed by atoms with Crippen molar-refractivity contribution in [3.63, 3.8) is 0 Å². The molecule has 0 bridgehead atoms. The average molecular weight is 328 g/mol. The standard InChI is InChI=1S/C15H24N2O4S/c1-2-3-10-22(19,20)16-11-13-4-7-17(8-5-13)15(18)14-6-9-21-12-14/h6,9,12-13,16H,2-5,7-8,10-11H2,1H3. The number of piperidine rings is 1. The molecular weight excluding hydrogens is 304 g/mol. The molecule has 0 radical (unpaired) electrons. The first kappa shape index (κ1) is 17.0. The first-order valence-corrected chi connectivity index (χ1v) is 9.46. The van der Waals surface area contributed by atoms with Crippen molar-refractivity contribution in [3.05, 3.63) is 24.2 Å². The Morgan fingerprint density at radius 2 is 2.14 bits per heavy atom. The fourth-order valence-corrected chi connectivity index (χ4v) is 3.86. The van der Waals surface area contributed by atoms with Crippen molar-refractivity contribution in [1.82, 2.24) is 9.62 Å². The van der Waals surface area contributed by atoms with Crippen molar-refractivity contribution in [1.29, 1.82) is 0 Å². The van der Waals surface area contributed by atoms with E-state index in [1.54, 1.807) is 11.0 Å². The van der Waals surface area contributed by atoms with E-state index in [0.29, 0.717) is 37.5 Å². The van der Waals surface area contributed by atoms with Gasteiger partial charge in [-0.15, -0.1) is 0 Å². The molecule has 0 unspecified atom stereocenters. The van der Waals surface area contributed by atoms with Crippen molar-refractivity contribution in [2.45, 2.75) is 32.6 Å². The van der Waals surface area contributed by atoms with Crippen LogP contribution in [0.1, 0.15) is 43.0 Å². The van der Waals surface area contributed by atoms with E-state index in [1.165, 1.54) is 12.5 Å². The minimum atomic E-state index is -3.15. The fourth-order valence-electron chi connectivity index (χ4n) is 2.56. The second-order valence-electron chi connectivity index (χ2n) is 5.77. The second kappa shape index (κ2) is 7.78. The average Bonchev–Trinajstić information content (AvgIpc) is 3.05. The molecule has 1 N–H and O–H groups in total. The molecule has 1 aromatic rings. The van der Waals surface area contributed by atoms with E-state index in [-0.39, 0.29) is 11.7 Å². The summed E-state index contributed by atoms with van der Waals surface area (Å²) in [6, 6.07) is 1.66. The SMILES string of the molecule is CCCCS(=O)(=O)NCC1CCN(C(=O)c2ccoc2)CC1. The Kier molecular flexibility index (Phi) is 6.02. The minimum absolute atomic E-state index is 0.0178. The maximum absolute atomic E-state index is 12.2. The highest BCUT2D eigenvalue weighted by molar-refractivity contribution is 7.89. The van der Waals surface area contributed by atoms with Crippen LogP contribution in [-0.2, 0) is 10.0 Å². The van der Waals surface area contributed by atoms with Crippen LogP contribution in [0.5, 0.6) is 0 Å². The number of nitrogens with one attached hydrogen (secondary N) is 1. The Labute approximate surface area is 131 Å². The van der Waals surface area contributed by atoms with E-state index >= 15 is 0 Å². The number of hydrogen-bond donors (Lipinski definition) is 1. The molecule has 124 valence electrons. The third-order valence-electron chi connectivity index (χ3n) is 4.03. The van der Waals surface area contributed by atoms with Gasteiger partial charge in [0.05, 0.1) is 17.6 Å². The monoisotopic (exact) mass is 328 g/mol. The van der Waals surface area contributed by atoms with E-state index < -0.39 is 10.0 Å². The lowest BCUT2D eigenvalue weighted by Crippen LogP contribution is -2.41. The maximum Gasteiger partial charge on any atom is 0.257 e. The summed E-state index contributed by atoms with van der Waals surface area (Å²) < 4.78 is 31.2. The van der Waals surface area contributed by atoms with Gasteiger partial charge in [0.1, 0.15) is 6.26 Å². The normalized spacial score (nSPS) is 16.9. The number of amides is 1. The van der Waals surface area contributed by atoms with Crippen molar-refractivity contribution >= 4 is 15.9 Å². The lowest BCUT2D eigenvalue weighted by atomic mass is 9.97. The fraction of sp³-hybridized carbons (Fsp3) is 0.667. The van der Waals surface area contributed by atoms with Gasteiger partial charge in [0.15, 0.2) is 0 Å². The summed E-state index contributed by atoms with van der Waals surface area (Å²) in [4.78, 5) is 14.0. The number of carbonyl (C=O) groups excluding carboxylic acids is 1. The molecule has 6 nitrogen and oxygen atoms in total. The summed E-state index contributed by atoms with van der Waals surface area (Å²) in [5.41, 5.74) is 0.568. The molecular formula is C15H24N2O4S. The summed E-state index contributed by atoms with van der Waals surface area (Å²) in [6.45, 7) is 3.76. The lowest BCUT2D eigenvalue weighted by Gasteiger charge is -2.31. The first-order chi connectivity index (χ1) is 10.5. The number of rotatable bonds is 7. The molecule has 1 amide bonds. The van der Waals surface area contributed by atoms with E-state index in [2.05, 4.69) is 4.72 Å². The molecule has 1 aliphatic rings. The van der Waals surface area contributed by atoms with Gasteiger partial charge in [-0.3, -0.25) is 4.79 Å². The Morgan fingerprint density at radius 3 is 2.73 bits per heavy atom. The van der Waals surface area contributed by atoms with Crippen LogP contribution in [0, 0.1) is 5.92 Å². The predicted octanol–water partition coefficient (Wildman–Crippen LogP) is 1.85. The zero-order chi connectivity index (χ0) is 16.0. The molecule has 2 rings (SSSR count). The van der Waals surface area contributed by atoms with Gasteiger partial charge >= 0.3 is 0 Å². The molecule has 0 atom stereocenters. The van der Waals surface area contributed by atoms with Crippen LogP contribution in [0.4, 0.5) is 0 Å². The molecule has 0 aromatic carbocycles. The van der Waals surface area contributed by atoms with Crippen LogP contribution in [0.3, 0.4) is 0 Å². The molecule has 0 saturated carbocycles. The molecule has 22 heavy (non-hydrogen) atoms. The molecule has 1 aliphatic heterocycles. The van der Waals surface area contributed by atoms with Crippen molar-refractivity contribution in [2.24, 2.45) is 5.92 Å². The quantitative estimate of drug-likeness (QED) is 0.828. The number of furan rings is 1. The maximum atomic E-state index is 12.2. The van der Waals surface area contributed by atoms with Gasteiger partial charge in [0, 0.05) is 19.6 Å². The third-order valence-corrected chi connectivity index (χ3v) is 5.46. The van der Waals surface area contributed by atoms with Crippen LogP contribution in [-0.4, -0.2) is 44.6 Å². The summed E-state index contributed by atoms with van der Waals surface area (Å²) in [6.07, 6.45) is 6.14. The van der Waals surface area contributed by atoms with Crippen LogP contribution >= 0.6 is 0 Å². The van der Waals surface area contributed by atoms with Gasteiger partial charge in [0.2, 0.25) is 10.0 Å². The topological polar surface area (TPSA) is 79.6 Å². The van der Waals surface area contributed by atoms with Crippen LogP contribution in [0.2, 0.25) is 0 Å². The number of carbonyl (C=O) groups is 1. The van der Waals surface area contributed by atoms with Crippen molar-refractivity contribution in [3.8, 4) is 0 Å². The van der Waals surface area contributed by atoms with Gasteiger partial charge in [-0.2, -0.15) is 0 Å². The number of hydrogen-bond acceptors (Lipinski definition) is 4. The highest BCUT2D eigenvalue weighted by atomic mass is 32.2. The molecule has 1 fully saturated rings. The van der Waals surface area contributed by atoms with E-state index in [4.69, 9.17) is 4.42 Å². The second-order valence-corrected chi connectivity index (χ2v) is 7.69. The number of nitrogens with zero attached hydrogens (tertiary/aromatic N) is 1. The number of unbranched alkanes of at least 4 members (excludes halogenated alkanes) is 1. The molecule has 0 spiro atoms. The third kappa shape index (κ3) is 4.84. The Bertz CT molecular complexity index is 560. The largest absolute Gasteiger partial charge is 0.472 e. The summed E-state index contributed by atoms with van der Waals surface area (Å²) in [5.74, 6) is 0.474. The lowest BCUT2D eigenvalue weighted by molar-refractivity contribution is 0.0691. The van der Waals surface area contributed by atoms with E-state index in [1.807, 2.05) is 6.92 Å². The molecule has 1 aromatic heterocycles. The van der Waals surface area contributed by atoms with Gasteiger partial charge in [-0.25, -0.2) is 13.1 Å². The zero-order valence-corrected chi connectivity index (χ0v) is 13.8. The molecule has 7 heteroatoms. The zero-order valence-electron chi connectivity index (χ0n) is 13.0. The Morgan fingerprint density at radius 1 is 1.41 bits per heavy atom. The van der Waals surface area contributed by atoms with Crippen LogP contribution in [0.15, 0.2) is 23.0 Å². The van der Waals surface area contributed by atoms with Crippen LogP contribution in [0.25, 0.3) is 0 Å². The predicted molar refractivity (Wildman–Crippen MR) is 84.0 cm³/mol. The number of likely N-dealkylation sites (tertiary alicyclic amines) is 1. The van der Waals surface area contributed by atoms with Gasteiger partial charge < -0.3 is 9.32 Å². The van der Waals surface area contributed by atoms with Gasteiger partial charge in [0.25, 0.3) is 5.91 Å². The summed E-state index contributed by atoms with van der Waals surface area (Å²) in [5, 5.41) is 0. The minimum Gasteiger partial charge on any atom is -0.472 e. The highest BCUT2D eigenvalue weighted by Crippen LogP contribution is 2.19. The Hall–Kier alpha value is -1.34. The van der Waals surface area contributed by atoms with E-state index in [9.17, 15) is 13.2 Å². The van der Waals surface area contributed by atoms with Gasteiger partial charge in [-0.05, 0) is 31.2 Å². The molecule has 0 aliphatic carbocycles. The van der Waals surface area contributed by atoms with Crippen LogP contribution < -0.4 is 4.72 Å². The summed E-state index contributed by atoms with van der Waals surface area (Å²) in [7, 11) is -3.15. The number of sulfonamides is 1. The summed E-state index contributed by atoms with van der Waals surface area (Å²) >= 11 is 0.